The Balaban J connectivity index is 1.59. The highest BCUT2D eigenvalue weighted by molar-refractivity contribution is 7.99. The first-order valence-corrected chi connectivity index (χ1v) is 10.9. The van der Waals surface area contributed by atoms with E-state index < -0.39 is 0 Å². The summed E-state index contributed by atoms with van der Waals surface area (Å²) in [5.74, 6) is 1.74. The zero-order valence-corrected chi connectivity index (χ0v) is 17.9. The van der Waals surface area contributed by atoms with Crippen LogP contribution in [0.25, 0.3) is 5.82 Å². The molecule has 2 aromatic heterocycles. The van der Waals surface area contributed by atoms with Crippen LogP contribution < -0.4 is 0 Å². The number of aromatic nitrogens is 4. The highest BCUT2D eigenvalue weighted by Crippen LogP contribution is 2.24. The Morgan fingerprint density at radius 2 is 2.03 bits per heavy atom. The van der Waals surface area contributed by atoms with Crippen LogP contribution in [-0.2, 0) is 11.3 Å². The Bertz CT molecular complexity index is 1080. The van der Waals surface area contributed by atoms with Crippen LogP contribution in [0.3, 0.4) is 0 Å². The van der Waals surface area contributed by atoms with E-state index in [1.54, 1.807) is 11.1 Å². The molecule has 0 atom stereocenters. The molecule has 1 aliphatic rings. The maximum absolute atomic E-state index is 12.8. The monoisotopic (exact) mass is 421 g/mol. The van der Waals surface area contributed by atoms with E-state index in [4.69, 9.17) is 0 Å². The summed E-state index contributed by atoms with van der Waals surface area (Å²) >= 11 is 1.34. The Hall–Kier alpha value is -3.00. The molecule has 1 amide bonds. The standard InChI is InChI=1S/C22H23N5O2S/c1-15-8-9-16(2)17(12-15)18(28)14-30-22-25-24-20(13-26-11-5-7-21(26)29)27(22)19-6-3-4-10-23-19/h3-4,6,8-10,12H,5,7,11,13-14H2,1-2H3. The molecule has 0 bridgehead atoms. The van der Waals surface area contributed by atoms with Crippen molar-refractivity contribution >= 4 is 23.5 Å². The van der Waals surface area contributed by atoms with Crippen LogP contribution in [0.5, 0.6) is 0 Å². The van der Waals surface area contributed by atoms with Crippen LogP contribution in [0.15, 0.2) is 47.8 Å². The van der Waals surface area contributed by atoms with Crippen LogP contribution in [0.1, 0.15) is 40.2 Å². The van der Waals surface area contributed by atoms with Gasteiger partial charge in [0.1, 0.15) is 5.82 Å². The van der Waals surface area contributed by atoms with Crippen molar-refractivity contribution in [2.45, 2.75) is 38.4 Å². The maximum Gasteiger partial charge on any atom is 0.223 e. The van der Waals surface area contributed by atoms with Crippen molar-refractivity contribution < 1.29 is 9.59 Å². The minimum atomic E-state index is 0.0491. The molecule has 8 heteroatoms. The average Bonchev–Trinajstić information content (AvgIpc) is 3.35. The van der Waals surface area contributed by atoms with Crippen LogP contribution in [0, 0.1) is 13.8 Å². The number of Topliss-reactive ketones (excluding diaryl/α,β-unsaturated/α-hetero) is 1. The van der Waals surface area contributed by atoms with Crippen LogP contribution in [0.2, 0.25) is 0 Å². The van der Waals surface area contributed by atoms with Gasteiger partial charge in [0.25, 0.3) is 0 Å². The Morgan fingerprint density at radius 1 is 1.17 bits per heavy atom. The number of amides is 1. The molecule has 1 aliphatic heterocycles. The summed E-state index contributed by atoms with van der Waals surface area (Å²) in [7, 11) is 0. The summed E-state index contributed by atoms with van der Waals surface area (Å²) in [5.41, 5.74) is 2.75. The lowest BCUT2D eigenvalue weighted by Crippen LogP contribution is -2.25. The first-order valence-electron chi connectivity index (χ1n) is 9.89. The summed E-state index contributed by atoms with van der Waals surface area (Å²) in [6.45, 7) is 5.03. The topological polar surface area (TPSA) is 81.0 Å². The molecule has 0 saturated carbocycles. The van der Waals surface area contributed by atoms with Gasteiger partial charge in [-0.25, -0.2) is 4.98 Å². The lowest BCUT2D eigenvalue weighted by atomic mass is 10.0. The molecule has 4 rings (SSSR count). The van der Waals surface area contributed by atoms with E-state index >= 15 is 0 Å². The van der Waals surface area contributed by atoms with Crippen LogP contribution in [-0.4, -0.2) is 48.6 Å². The molecule has 30 heavy (non-hydrogen) atoms. The number of aryl methyl sites for hydroxylation is 2. The quantitative estimate of drug-likeness (QED) is 0.430. The molecule has 0 aliphatic carbocycles. The number of rotatable bonds is 7. The van der Waals surface area contributed by atoms with Gasteiger partial charge in [0.2, 0.25) is 5.91 Å². The van der Waals surface area contributed by atoms with Crippen molar-refractivity contribution in [2.24, 2.45) is 0 Å². The molecule has 7 nitrogen and oxygen atoms in total. The summed E-state index contributed by atoms with van der Waals surface area (Å²) in [6, 6.07) is 11.5. The summed E-state index contributed by atoms with van der Waals surface area (Å²) in [4.78, 5) is 31.1. The average molecular weight is 422 g/mol. The van der Waals surface area contributed by atoms with E-state index in [1.807, 2.05) is 54.8 Å². The summed E-state index contributed by atoms with van der Waals surface area (Å²) < 4.78 is 1.84. The van der Waals surface area contributed by atoms with Crippen molar-refractivity contribution in [2.75, 3.05) is 12.3 Å². The SMILES string of the molecule is Cc1ccc(C)c(C(=O)CSc2nnc(CN3CCCC3=O)n2-c2ccccn2)c1. The zero-order valence-electron chi connectivity index (χ0n) is 17.0. The van der Waals surface area contributed by atoms with Crippen molar-refractivity contribution in [3.63, 3.8) is 0 Å². The van der Waals surface area contributed by atoms with E-state index in [0.717, 1.165) is 29.7 Å². The molecule has 154 valence electrons. The van der Waals surface area contributed by atoms with Crippen molar-refractivity contribution in [3.05, 3.63) is 65.1 Å². The smallest absolute Gasteiger partial charge is 0.223 e. The van der Waals surface area contributed by atoms with Gasteiger partial charge in [-0.1, -0.05) is 35.5 Å². The highest BCUT2D eigenvalue weighted by Gasteiger charge is 2.24. The summed E-state index contributed by atoms with van der Waals surface area (Å²) in [6.07, 6.45) is 3.14. The second kappa shape index (κ2) is 8.79. The zero-order chi connectivity index (χ0) is 21.1. The van der Waals surface area contributed by atoms with Gasteiger partial charge in [-0.3, -0.25) is 14.2 Å². The Labute approximate surface area is 179 Å². The predicted molar refractivity (Wildman–Crippen MR) is 115 cm³/mol. The minimum absolute atomic E-state index is 0.0491. The number of carbonyl (C=O) groups is 2. The van der Waals surface area contributed by atoms with E-state index in [0.29, 0.717) is 29.8 Å². The van der Waals surface area contributed by atoms with Crippen LogP contribution >= 0.6 is 11.8 Å². The number of pyridine rings is 1. The number of likely N-dealkylation sites (tertiary alicyclic amines) is 1. The Morgan fingerprint density at radius 3 is 2.77 bits per heavy atom. The van der Waals surface area contributed by atoms with Gasteiger partial charge in [-0.15, -0.1) is 10.2 Å². The van der Waals surface area contributed by atoms with E-state index in [2.05, 4.69) is 15.2 Å². The fourth-order valence-electron chi connectivity index (χ4n) is 3.50. The fourth-order valence-corrected chi connectivity index (χ4v) is 4.34. The van der Waals surface area contributed by atoms with Gasteiger partial charge in [-0.2, -0.15) is 0 Å². The normalized spacial score (nSPS) is 13.8. The third kappa shape index (κ3) is 4.28. The molecular formula is C22H23N5O2S. The van der Waals surface area contributed by atoms with Crippen LogP contribution in [0.4, 0.5) is 0 Å². The minimum Gasteiger partial charge on any atom is -0.335 e. The molecule has 3 aromatic rings. The number of hydrogen-bond acceptors (Lipinski definition) is 6. The van der Waals surface area contributed by atoms with Crippen molar-refractivity contribution in [1.29, 1.82) is 0 Å². The Kier molecular flexibility index (Phi) is 5.94. The largest absolute Gasteiger partial charge is 0.335 e. The molecule has 1 saturated heterocycles. The van der Waals surface area contributed by atoms with Crippen molar-refractivity contribution in [3.8, 4) is 5.82 Å². The van der Waals surface area contributed by atoms with Crippen molar-refractivity contribution in [1.82, 2.24) is 24.6 Å². The third-order valence-electron chi connectivity index (χ3n) is 5.11. The first kappa shape index (κ1) is 20.3. The number of carbonyl (C=O) groups excluding carboxylic acids is 2. The fraction of sp³-hybridized carbons (Fsp3) is 0.318. The number of ketones is 1. The number of nitrogens with zero attached hydrogens (tertiary/aromatic N) is 5. The van der Waals surface area contributed by atoms with Gasteiger partial charge in [0.05, 0.1) is 12.3 Å². The second-order valence-corrected chi connectivity index (χ2v) is 8.31. The molecule has 0 spiro atoms. The van der Waals surface area contributed by atoms with E-state index in [9.17, 15) is 9.59 Å². The molecular weight excluding hydrogens is 398 g/mol. The highest BCUT2D eigenvalue weighted by atomic mass is 32.2. The van der Waals surface area contributed by atoms with Gasteiger partial charge in [0.15, 0.2) is 16.8 Å². The predicted octanol–water partition coefficient (Wildman–Crippen LogP) is 3.38. The van der Waals surface area contributed by atoms with Gasteiger partial charge in [-0.05, 0) is 44.0 Å². The molecule has 3 heterocycles. The van der Waals surface area contributed by atoms with E-state index in [1.165, 1.54) is 11.8 Å². The second-order valence-electron chi connectivity index (χ2n) is 7.37. The molecule has 1 aromatic carbocycles. The molecule has 0 radical (unpaired) electrons. The lowest BCUT2D eigenvalue weighted by molar-refractivity contribution is -0.128. The van der Waals surface area contributed by atoms with Gasteiger partial charge < -0.3 is 4.90 Å². The number of hydrogen-bond donors (Lipinski definition) is 0. The molecule has 1 fully saturated rings. The molecule has 0 N–H and O–H groups in total. The molecule has 0 unspecified atom stereocenters. The summed E-state index contributed by atoms with van der Waals surface area (Å²) in [5, 5.41) is 9.22. The number of thioether (sulfide) groups is 1. The lowest BCUT2D eigenvalue weighted by Gasteiger charge is -2.16. The third-order valence-corrected chi connectivity index (χ3v) is 6.04. The maximum atomic E-state index is 12.8. The van der Waals surface area contributed by atoms with E-state index in [-0.39, 0.29) is 17.4 Å². The number of benzene rings is 1. The first-order chi connectivity index (χ1) is 14.5. The van der Waals surface area contributed by atoms with Gasteiger partial charge in [0, 0.05) is 24.7 Å². The van der Waals surface area contributed by atoms with Gasteiger partial charge >= 0.3 is 0 Å².